The van der Waals surface area contributed by atoms with Gasteiger partial charge in [0.1, 0.15) is 6.29 Å². The predicted octanol–water partition coefficient (Wildman–Crippen LogP) is 2.22. The Morgan fingerprint density at radius 3 is 2.36 bits per heavy atom. The van der Waals surface area contributed by atoms with E-state index in [1.807, 2.05) is 19.1 Å². The van der Waals surface area contributed by atoms with Gasteiger partial charge in [0, 0.05) is 11.8 Å². The number of hydrogen-bond donors (Lipinski definition) is 0. The van der Waals surface area contributed by atoms with E-state index in [1.54, 1.807) is 18.3 Å². The fourth-order valence-electron chi connectivity index (χ4n) is 0.788. The molecule has 0 aliphatic rings. The van der Waals surface area contributed by atoms with Crippen molar-refractivity contribution >= 4 is 18.2 Å². The molecule has 0 heterocycles. The highest BCUT2D eigenvalue weighted by atomic mass is 16.1. The van der Waals surface area contributed by atoms with Crippen LogP contribution in [0.3, 0.4) is 0 Å². The highest BCUT2D eigenvalue weighted by Gasteiger charge is 1.88. The normalized spacial score (nSPS) is 10.3. The molecule has 0 fully saturated rings. The van der Waals surface area contributed by atoms with E-state index in [0.29, 0.717) is 5.56 Å². The molecule has 1 rings (SSSR count). The van der Waals surface area contributed by atoms with E-state index in [2.05, 4.69) is 4.99 Å². The zero-order valence-electron chi connectivity index (χ0n) is 6.32. The minimum absolute atomic E-state index is 0.681. The first-order valence-electron chi connectivity index (χ1n) is 3.40. The molecular formula is C9H9NO. The van der Waals surface area contributed by atoms with Crippen molar-refractivity contribution in [3.63, 3.8) is 0 Å². The van der Waals surface area contributed by atoms with Crippen molar-refractivity contribution in [2.24, 2.45) is 4.99 Å². The molecule has 0 aromatic heterocycles. The Hall–Kier alpha value is -1.44. The Balaban J connectivity index is 2.91. The molecule has 0 radical (unpaired) electrons. The van der Waals surface area contributed by atoms with Gasteiger partial charge in [-0.3, -0.25) is 9.79 Å². The molecule has 11 heavy (non-hydrogen) atoms. The number of hydrogen-bond acceptors (Lipinski definition) is 2. The molecule has 1 aromatic rings. The Morgan fingerprint density at radius 1 is 1.27 bits per heavy atom. The van der Waals surface area contributed by atoms with Gasteiger partial charge in [-0.05, 0) is 31.2 Å². The zero-order valence-corrected chi connectivity index (χ0v) is 6.32. The van der Waals surface area contributed by atoms with Gasteiger partial charge in [0.05, 0.1) is 5.69 Å². The number of carbonyl (C=O) groups is 1. The Kier molecular flexibility index (Phi) is 2.55. The summed E-state index contributed by atoms with van der Waals surface area (Å²) in [7, 11) is 0. The lowest BCUT2D eigenvalue weighted by Gasteiger charge is -1.91. The molecule has 0 aliphatic heterocycles. The number of benzene rings is 1. The highest BCUT2D eigenvalue weighted by molar-refractivity contribution is 5.75. The van der Waals surface area contributed by atoms with Crippen LogP contribution in [-0.2, 0) is 0 Å². The van der Waals surface area contributed by atoms with E-state index in [-0.39, 0.29) is 0 Å². The van der Waals surface area contributed by atoms with Crippen molar-refractivity contribution in [1.82, 2.24) is 0 Å². The smallest absolute Gasteiger partial charge is 0.150 e. The lowest BCUT2D eigenvalue weighted by Crippen LogP contribution is -1.75. The molecule has 0 aliphatic carbocycles. The summed E-state index contributed by atoms with van der Waals surface area (Å²) in [6.07, 6.45) is 2.54. The summed E-state index contributed by atoms with van der Waals surface area (Å²) in [4.78, 5) is 14.3. The van der Waals surface area contributed by atoms with Crippen molar-refractivity contribution in [3.05, 3.63) is 29.8 Å². The zero-order chi connectivity index (χ0) is 8.10. The SMILES string of the molecule is CC=Nc1ccc(C=O)cc1. The molecular weight excluding hydrogens is 138 g/mol. The summed E-state index contributed by atoms with van der Waals surface area (Å²) >= 11 is 0. The Labute approximate surface area is 65.6 Å². The fraction of sp³-hybridized carbons (Fsp3) is 0.111. The summed E-state index contributed by atoms with van der Waals surface area (Å²) in [6.45, 7) is 1.85. The predicted molar refractivity (Wildman–Crippen MR) is 45.7 cm³/mol. The third-order valence-corrected chi connectivity index (χ3v) is 1.31. The number of aliphatic imine (C=N–C) groups is 1. The summed E-state index contributed by atoms with van der Waals surface area (Å²) < 4.78 is 0. The third kappa shape index (κ3) is 2.00. The van der Waals surface area contributed by atoms with Crippen LogP contribution >= 0.6 is 0 Å². The van der Waals surface area contributed by atoms with Crippen LogP contribution in [0.5, 0.6) is 0 Å². The van der Waals surface area contributed by atoms with Gasteiger partial charge in [0.25, 0.3) is 0 Å². The van der Waals surface area contributed by atoms with Crippen LogP contribution < -0.4 is 0 Å². The highest BCUT2D eigenvalue weighted by Crippen LogP contribution is 2.10. The lowest BCUT2D eigenvalue weighted by atomic mass is 10.2. The molecule has 0 saturated carbocycles. The molecule has 0 amide bonds. The van der Waals surface area contributed by atoms with E-state index in [4.69, 9.17) is 0 Å². The second kappa shape index (κ2) is 3.66. The van der Waals surface area contributed by atoms with Gasteiger partial charge in [0.15, 0.2) is 0 Å². The first kappa shape index (κ1) is 7.66. The van der Waals surface area contributed by atoms with Crippen molar-refractivity contribution < 1.29 is 4.79 Å². The monoisotopic (exact) mass is 147 g/mol. The third-order valence-electron chi connectivity index (χ3n) is 1.31. The summed E-state index contributed by atoms with van der Waals surface area (Å²) in [5.41, 5.74) is 1.55. The van der Waals surface area contributed by atoms with E-state index in [1.165, 1.54) is 0 Å². The van der Waals surface area contributed by atoms with Crippen LogP contribution in [0.4, 0.5) is 5.69 Å². The van der Waals surface area contributed by atoms with E-state index < -0.39 is 0 Å². The molecule has 0 bridgehead atoms. The van der Waals surface area contributed by atoms with Crippen LogP contribution in [0.1, 0.15) is 17.3 Å². The van der Waals surface area contributed by atoms with Crippen LogP contribution in [0, 0.1) is 0 Å². The van der Waals surface area contributed by atoms with Gasteiger partial charge in [0.2, 0.25) is 0 Å². The maximum atomic E-state index is 10.2. The number of aldehydes is 1. The maximum absolute atomic E-state index is 10.2. The average molecular weight is 147 g/mol. The van der Waals surface area contributed by atoms with Gasteiger partial charge in [-0.2, -0.15) is 0 Å². The Bertz CT molecular complexity index is 261. The average Bonchev–Trinajstić information content (AvgIpc) is 2.07. The molecule has 0 N–H and O–H groups in total. The molecule has 2 nitrogen and oxygen atoms in total. The maximum Gasteiger partial charge on any atom is 0.150 e. The van der Waals surface area contributed by atoms with Gasteiger partial charge in [-0.1, -0.05) is 0 Å². The van der Waals surface area contributed by atoms with Gasteiger partial charge >= 0.3 is 0 Å². The molecule has 0 spiro atoms. The molecule has 0 unspecified atom stereocenters. The second-order valence-electron chi connectivity index (χ2n) is 2.10. The lowest BCUT2D eigenvalue weighted by molar-refractivity contribution is 0.112. The molecule has 1 aromatic carbocycles. The fourth-order valence-corrected chi connectivity index (χ4v) is 0.788. The van der Waals surface area contributed by atoms with Crippen molar-refractivity contribution in [1.29, 1.82) is 0 Å². The van der Waals surface area contributed by atoms with E-state index >= 15 is 0 Å². The van der Waals surface area contributed by atoms with Gasteiger partial charge in [-0.15, -0.1) is 0 Å². The van der Waals surface area contributed by atoms with Crippen molar-refractivity contribution in [2.45, 2.75) is 6.92 Å². The van der Waals surface area contributed by atoms with Crippen LogP contribution in [0.2, 0.25) is 0 Å². The van der Waals surface area contributed by atoms with Gasteiger partial charge in [-0.25, -0.2) is 0 Å². The van der Waals surface area contributed by atoms with Crippen LogP contribution in [-0.4, -0.2) is 12.5 Å². The van der Waals surface area contributed by atoms with Crippen LogP contribution in [0.25, 0.3) is 0 Å². The van der Waals surface area contributed by atoms with Gasteiger partial charge < -0.3 is 0 Å². The summed E-state index contributed by atoms with van der Waals surface area (Å²) in [5.74, 6) is 0. The minimum atomic E-state index is 0.681. The number of carbonyl (C=O) groups excluding carboxylic acids is 1. The van der Waals surface area contributed by atoms with Crippen molar-refractivity contribution in [3.8, 4) is 0 Å². The molecule has 2 heteroatoms. The Morgan fingerprint density at radius 2 is 1.91 bits per heavy atom. The van der Waals surface area contributed by atoms with E-state index in [0.717, 1.165) is 12.0 Å². The number of rotatable bonds is 2. The largest absolute Gasteiger partial charge is 0.298 e. The van der Waals surface area contributed by atoms with Crippen molar-refractivity contribution in [2.75, 3.05) is 0 Å². The minimum Gasteiger partial charge on any atom is -0.298 e. The first-order chi connectivity index (χ1) is 5.36. The topological polar surface area (TPSA) is 29.4 Å². The summed E-state index contributed by atoms with van der Waals surface area (Å²) in [6, 6.07) is 7.11. The quantitative estimate of drug-likeness (QED) is 0.466. The standard InChI is InChI=1S/C9H9NO/c1-2-10-9-5-3-8(7-11)4-6-9/h2-7H,1H3. The van der Waals surface area contributed by atoms with E-state index in [9.17, 15) is 4.79 Å². The number of nitrogens with zero attached hydrogens (tertiary/aromatic N) is 1. The second-order valence-corrected chi connectivity index (χ2v) is 2.10. The molecule has 0 atom stereocenters. The molecule has 0 saturated heterocycles. The summed E-state index contributed by atoms with van der Waals surface area (Å²) in [5, 5.41) is 0. The van der Waals surface area contributed by atoms with Crippen LogP contribution in [0.15, 0.2) is 29.3 Å². The molecule has 56 valence electrons. The first-order valence-corrected chi connectivity index (χ1v) is 3.40.